The van der Waals surface area contributed by atoms with Crippen LogP contribution in [-0.4, -0.2) is 42.0 Å². The lowest BCUT2D eigenvalue weighted by atomic mass is 10.2. The van der Waals surface area contributed by atoms with Gasteiger partial charge < -0.3 is 10.2 Å². The highest BCUT2D eigenvalue weighted by Crippen LogP contribution is 2.06. The second-order valence-electron chi connectivity index (χ2n) is 4.39. The Bertz CT molecular complexity index is 347. The van der Waals surface area contributed by atoms with E-state index in [1.165, 1.54) is 25.9 Å². The molecule has 1 aromatic heterocycles. The van der Waals surface area contributed by atoms with Crippen LogP contribution in [0, 0.1) is 0 Å². The summed E-state index contributed by atoms with van der Waals surface area (Å²) in [5.41, 5.74) is 0.682. The molecule has 2 rings (SSSR count). The summed E-state index contributed by atoms with van der Waals surface area (Å²) in [5.74, 6) is -0.00572. The summed E-state index contributed by atoms with van der Waals surface area (Å²) in [4.78, 5) is 18.0. The predicted octanol–water partition coefficient (Wildman–Crippen LogP) is 1.30. The number of hydrogen-bond donors (Lipinski definition) is 1. The molecule has 1 aromatic rings. The van der Waals surface area contributed by atoms with Crippen molar-refractivity contribution in [3.8, 4) is 0 Å². The minimum absolute atomic E-state index is 0.00572. The summed E-state index contributed by atoms with van der Waals surface area (Å²) in [5, 5.41) is 2.93. The first kappa shape index (κ1) is 12.0. The Labute approximate surface area is 102 Å². The van der Waals surface area contributed by atoms with E-state index in [4.69, 9.17) is 0 Å². The number of pyridine rings is 1. The molecule has 1 aliphatic rings. The Kier molecular flexibility index (Phi) is 4.50. The molecular formula is C13H19N3O. The van der Waals surface area contributed by atoms with Crippen LogP contribution in [0.3, 0.4) is 0 Å². The zero-order chi connectivity index (χ0) is 11.9. The normalized spacial score (nSPS) is 16.0. The van der Waals surface area contributed by atoms with E-state index in [9.17, 15) is 4.79 Å². The van der Waals surface area contributed by atoms with Gasteiger partial charge in [0, 0.05) is 24.5 Å². The lowest BCUT2D eigenvalue weighted by Gasteiger charge is -2.14. The summed E-state index contributed by atoms with van der Waals surface area (Å²) in [6.45, 7) is 4.28. The minimum Gasteiger partial charge on any atom is -0.352 e. The van der Waals surface area contributed by atoms with Crippen LogP contribution in [0.5, 0.6) is 0 Å². The number of nitrogens with one attached hydrogen (secondary N) is 1. The first-order valence-electron chi connectivity index (χ1n) is 6.27. The SMILES string of the molecule is O=C(NCCCN1CCCC1)c1ccncc1. The van der Waals surface area contributed by atoms with E-state index in [0.717, 1.165) is 19.5 Å². The summed E-state index contributed by atoms with van der Waals surface area (Å²) in [6, 6.07) is 3.46. The third-order valence-corrected chi connectivity index (χ3v) is 3.08. The number of amides is 1. The van der Waals surface area contributed by atoms with Gasteiger partial charge in [0.25, 0.3) is 5.91 Å². The van der Waals surface area contributed by atoms with E-state index in [0.29, 0.717) is 5.56 Å². The molecule has 1 saturated heterocycles. The van der Waals surface area contributed by atoms with Gasteiger partial charge in [-0.3, -0.25) is 9.78 Å². The molecule has 0 spiro atoms. The monoisotopic (exact) mass is 233 g/mol. The van der Waals surface area contributed by atoms with Gasteiger partial charge in [-0.05, 0) is 51.0 Å². The van der Waals surface area contributed by atoms with Crippen molar-refractivity contribution in [1.29, 1.82) is 0 Å². The molecule has 17 heavy (non-hydrogen) atoms. The van der Waals surface area contributed by atoms with E-state index < -0.39 is 0 Å². The molecular weight excluding hydrogens is 214 g/mol. The number of nitrogens with zero attached hydrogens (tertiary/aromatic N) is 2. The third-order valence-electron chi connectivity index (χ3n) is 3.08. The average Bonchev–Trinajstić information content (AvgIpc) is 2.88. The van der Waals surface area contributed by atoms with Gasteiger partial charge in [0.1, 0.15) is 0 Å². The number of hydrogen-bond acceptors (Lipinski definition) is 3. The Balaban J connectivity index is 1.63. The quantitative estimate of drug-likeness (QED) is 0.780. The lowest BCUT2D eigenvalue weighted by molar-refractivity contribution is 0.0952. The molecule has 0 aromatic carbocycles. The van der Waals surface area contributed by atoms with Crippen LogP contribution in [0.4, 0.5) is 0 Å². The van der Waals surface area contributed by atoms with Crippen LogP contribution in [-0.2, 0) is 0 Å². The molecule has 92 valence electrons. The second-order valence-corrected chi connectivity index (χ2v) is 4.39. The Morgan fingerprint density at radius 2 is 2.00 bits per heavy atom. The van der Waals surface area contributed by atoms with E-state index in [1.807, 2.05) is 0 Å². The van der Waals surface area contributed by atoms with Gasteiger partial charge in [-0.25, -0.2) is 0 Å². The van der Waals surface area contributed by atoms with Crippen LogP contribution in [0.25, 0.3) is 0 Å². The molecule has 0 aliphatic carbocycles. The Morgan fingerprint density at radius 1 is 1.29 bits per heavy atom. The highest BCUT2D eigenvalue weighted by atomic mass is 16.1. The number of carbonyl (C=O) groups excluding carboxylic acids is 1. The molecule has 4 nitrogen and oxygen atoms in total. The van der Waals surface area contributed by atoms with Crippen molar-refractivity contribution < 1.29 is 4.79 Å². The fraction of sp³-hybridized carbons (Fsp3) is 0.538. The third kappa shape index (κ3) is 3.82. The Hall–Kier alpha value is -1.42. The fourth-order valence-electron chi connectivity index (χ4n) is 2.12. The maximum absolute atomic E-state index is 11.7. The molecule has 0 saturated carbocycles. The van der Waals surface area contributed by atoms with Crippen molar-refractivity contribution in [2.75, 3.05) is 26.2 Å². The van der Waals surface area contributed by atoms with Gasteiger partial charge in [0.15, 0.2) is 0 Å². The van der Waals surface area contributed by atoms with Crippen molar-refractivity contribution in [3.63, 3.8) is 0 Å². The van der Waals surface area contributed by atoms with E-state index in [2.05, 4.69) is 15.2 Å². The van der Waals surface area contributed by atoms with Gasteiger partial charge in [0.2, 0.25) is 0 Å². The maximum Gasteiger partial charge on any atom is 0.251 e. The highest BCUT2D eigenvalue weighted by Gasteiger charge is 2.10. The smallest absolute Gasteiger partial charge is 0.251 e. The van der Waals surface area contributed by atoms with Gasteiger partial charge >= 0.3 is 0 Å². The molecule has 1 amide bonds. The van der Waals surface area contributed by atoms with Gasteiger partial charge in [-0.1, -0.05) is 0 Å². The first-order valence-corrected chi connectivity index (χ1v) is 6.27. The lowest BCUT2D eigenvalue weighted by Crippen LogP contribution is -2.28. The number of rotatable bonds is 5. The molecule has 0 radical (unpaired) electrons. The molecule has 1 fully saturated rings. The highest BCUT2D eigenvalue weighted by molar-refractivity contribution is 5.93. The maximum atomic E-state index is 11.7. The van der Waals surface area contributed by atoms with Crippen molar-refractivity contribution in [2.45, 2.75) is 19.3 Å². The van der Waals surface area contributed by atoms with Crippen LogP contribution in [0.2, 0.25) is 0 Å². The number of likely N-dealkylation sites (tertiary alicyclic amines) is 1. The van der Waals surface area contributed by atoms with Gasteiger partial charge in [0.05, 0.1) is 0 Å². The largest absolute Gasteiger partial charge is 0.352 e. The fourth-order valence-corrected chi connectivity index (χ4v) is 2.12. The number of carbonyl (C=O) groups is 1. The average molecular weight is 233 g/mol. The van der Waals surface area contributed by atoms with E-state index in [1.54, 1.807) is 24.5 Å². The zero-order valence-corrected chi connectivity index (χ0v) is 10.1. The van der Waals surface area contributed by atoms with E-state index in [-0.39, 0.29) is 5.91 Å². The summed E-state index contributed by atoms with van der Waals surface area (Å²) < 4.78 is 0. The molecule has 0 unspecified atom stereocenters. The molecule has 2 heterocycles. The van der Waals surface area contributed by atoms with Crippen molar-refractivity contribution in [1.82, 2.24) is 15.2 Å². The second kappa shape index (κ2) is 6.35. The van der Waals surface area contributed by atoms with Crippen LogP contribution >= 0.6 is 0 Å². The molecule has 1 N–H and O–H groups in total. The molecule has 4 heteroatoms. The van der Waals surface area contributed by atoms with Gasteiger partial charge in [-0.15, -0.1) is 0 Å². The number of aromatic nitrogens is 1. The summed E-state index contributed by atoms with van der Waals surface area (Å²) in [6.07, 6.45) is 6.95. The molecule has 0 atom stereocenters. The van der Waals surface area contributed by atoms with Crippen molar-refractivity contribution >= 4 is 5.91 Å². The predicted molar refractivity (Wildman–Crippen MR) is 66.9 cm³/mol. The minimum atomic E-state index is -0.00572. The van der Waals surface area contributed by atoms with Crippen LogP contribution in [0.15, 0.2) is 24.5 Å². The van der Waals surface area contributed by atoms with Crippen molar-refractivity contribution in [2.24, 2.45) is 0 Å². The standard InChI is InChI=1S/C13H19N3O/c17-13(12-4-7-14-8-5-12)15-6-3-11-16-9-1-2-10-16/h4-5,7-8H,1-3,6,9-11H2,(H,15,17). The van der Waals surface area contributed by atoms with E-state index >= 15 is 0 Å². The zero-order valence-electron chi connectivity index (χ0n) is 10.1. The van der Waals surface area contributed by atoms with Crippen molar-refractivity contribution in [3.05, 3.63) is 30.1 Å². The summed E-state index contributed by atoms with van der Waals surface area (Å²) >= 11 is 0. The molecule has 0 bridgehead atoms. The van der Waals surface area contributed by atoms with Crippen LogP contribution in [0.1, 0.15) is 29.6 Å². The van der Waals surface area contributed by atoms with Gasteiger partial charge in [-0.2, -0.15) is 0 Å². The first-order chi connectivity index (χ1) is 8.36. The summed E-state index contributed by atoms with van der Waals surface area (Å²) in [7, 11) is 0. The van der Waals surface area contributed by atoms with Crippen LogP contribution < -0.4 is 5.32 Å². The molecule has 1 aliphatic heterocycles. The Morgan fingerprint density at radius 3 is 2.71 bits per heavy atom. The topological polar surface area (TPSA) is 45.2 Å².